The van der Waals surface area contributed by atoms with Crippen LogP contribution in [0.25, 0.3) is 11.1 Å². The van der Waals surface area contributed by atoms with Crippen molar-refractivity contribution in [3.05, 3.63) is 66.2 Å². The molecule has 0 aliphatic rings. The molecule has 6 heteroatoms. The number of H-pyrrole nitrogens is 1. The van der Waals surface area contributed by atoms with E-state index in [0.717, 1.165) is 5.56 Å². The van der Waals surface area contributed by atoms with Gasteiger partial charge in [-0.3, -0.25) is 10.1 Å². The number of benzene rings is 2. The molecule has 23 heavy (non-hydrogen) atoms. The molecule has 0 saturated carbocycles. The molecule has 1 amide bonds. The lowest BCUT2D eigenvalue weighted by Gasteiger charge is -2.12. The second-order valence-corrected chi connectivity index (χ2v) is 5.15. The largest absolute Gasteiger partial charge is 0.294 e. The molecule has 2 N–H and O–H groups in total. The van der Waals surface area contributed by atoms with Crippen LogP contribution in [0.1, 0.15) is 18.4 Å². The topological polar surface area (TPSA) is 70.7 Å². The molecule has 0 bridgehead atoms. The molecule has 5 nitrogen and oxygen atoms in total. The monoisotopic (exact) mass is 310 g/mol. The predicted molar refractivity (Wildman–Crippen MR) is 85.3 cm³/mol. The lowest BCUT2D eigenvalue weighted by molar-refractivity contribution is -0.117. The molecule has 0 radical (unpaired) electrons. The van der Waals surface area contributed by atoms with E-state index < -0.39 is 5.92 Å². The Hall–Kier alpha value is -3.02. The molecule has 1 atom stereocenters. The van der Waals surface area contributed by atoms with Crippen molar-refractivity contribution in [3.63, 3.8) is 0 Å². The Labute approximate surface area is 132 Å². The number of nitrogens with zero attached hydrogens (tertiary/aromatic N) is 2. The van der Waals surface area contributed by atoms with Crippen LogP contribution < -0.4 is 5.32 Å². The van der Waals surface area contributed by atoms with Gasteiger partial charge in [-0.2, -0.15) is 10.1 Å². The Balaban J connectivity index is 1.81. The molecule has 3 rings (SSSR count). The van der Waals surface area contributed by atoms with Crippen LogP contribution >= 0.6 is 0 Å². The van der Waals surface area contributed by atoms with E-state index in [9.17, 15) is 9.18 Å². The summed E-state index contributed by atoms with van der Waals surface area (Å²) in [5.74, 6) is -0.885. The van der Waals surface area contributed by atoms with Crippen LogP contribution in [-0.2, 0) is 4.79 Å². The van der Waals surface area contributed by atoms with Gasteiger partial charge in [0.25, 0.3) is 0 Å². The highest BCUT2D eigenvalue weighted by molar-refractivity contribution is 5.94. The van der Waals surface area contributed by atoms with E-state index in [-0.39, 0.29) is 17.7 Å². The van der Waals surface area contributed by atoms with Crippen molar-refractivity contribution in [2.45, 2.75) is 12.8 Å². The molecular formula is C17H15FN4O. The van der Waals surface area contributed by atoms with Gasteiger partial charge in [0.05, 0.1) is 5.92 Å². The molecule has 0 unspecified atom stereocenters. The lowest BCUT2D eigenvalue weighted by atomic mass is 9.96. The number of aromatic amines is 1. The second kappa shape index (κ2) is 6.39. The first-order chi connectivity index (χ1) is 11.1. The van der Waals surface area contributed by atoms with E-state index in [1.807, 2.05) is 30.3 Å². The Bertz CT molecular complexity index is 803. The fourth-order valence-corrected chi connectivity index (χ4v) is 2.29. The van der Waals surface area contributed by atoms with E-state index >= 15 is 0 Å². The van der Waals surface area contributed by atoms with Crippen molar-refractivity contribution in [2.75, 3.05) is 5.32 Å². The van der Waals surface area contributed by atoms with Crippen molar-refractivity contribution in [3.8, 4) is 11.1 Å². The number of anilines is 1. The summed E-state index contributed by atoms with van der Waals surface area (Å²) in [4.78, 5) is 16.0. The zero-order chi connectivity index (χ0) is 16.2. The Morgan fingerprint density at radius 3 is 2.65 bits per heavy atom. The Kier molecular flexibility index (Phi) is 4.14. The molecule has 1 aromatic heterocycles. The minimum absolute atomic E-state index is 0.267. The average Bonchev–Trinajstić information content (AvgIpc) is 3.07. The number of amides is 1. The quantitative estimate of drug-likeness (QED) is 0.776. The molecule has 3 aromatic rings. The van der Waals surface area contributed by atoms with Crippen molar-refractivity contribution < 1.29 is 9.18 Å². The fourth-order valence-electron chi connectivity index (χ4n) is 2.29. The highest BCUT2D eigenvalue weighted by Gasteiger charge is 2.18. The predicted octanol–water partition coefficient (Wildman–Crippen LogP) is 3.35. The van der Waals surface area contributed by atoms with Crippen molar-refractivity contribution in [2.24, 2.45) is 0 Å². The van der Waals surface area contributed by atoms with E-state index in [1.165, 1.54) is 12.4 Å². The normalized spacial score (nSPS) is 11.9. The average molecular weight is 310 g/mol. The van der Waals surface area contributed by atoms with Gasteiger partial charge in [-0.1, -0.05) is 42.5 Å². The van der Waals surface area contributed by atoms with E-state index in [2.05, 4.69) is 20.5 Å². The van der Waals surface area contributed by atoms with Gasteiger partial charge in [0, 0.05) is 5.56 Å². The maximum Gasteiger partial charge on any atom is 0.233 e. The van der Waals surface area contributed by atoms with E-state index in [1.54, 1.807) is 19.1 Å². The lowest BCUT2D eigenvalue weighted by Crippen LogP contribution is -2.19. The number of aromatic nitrogens is 3. The van der Waals surface area contributed by atoms with Gasteiger partial charge in [0.15, 0.2) is 0 Å². The van der Waals surface area contributed by atoms with Gasteiger partial charge >= 0.3 is 0 Å². The Morgan fingerprint density at radius 2 is 2.00 bits per heavy atom. The number of carbonyl (C=O) groups is 1. The van der Waals surface area contributed by atoms with Crippen molar-refractivity contribution in [1.29, 1.82) is 0 Å². The summed E-state index contributed by atoms with van der Waals surface area (Å²) in [6.45, 7) is 1.71. The summed E-state index contributed by atoms with van der Waals surface area (Å²) in [6.07, 6.45) is 1.30. The summed E-state index contributed by atoms with van der Waals surface area (Å²) < 4.78 is 14.4. The molecule has 0 spiro atoms. The molecule has 0 aliphatic carbocycles. The van der Waals surface area contributed by atoms with Crippen LogP contribution in [0.5, 0.6) is 0 Å². The number of hydrogen-bond donors (Lipinski definition) is 2. The molecule has 2 aromatic carbocycles. The minimum Gasteiger partial charge on any atom is -0.294 e. The summed E-state index contributed by atoms with van der Waals surface area (Å²) in [5, 5.41) is 8.80. The van der Waals surface area contributed by atoms with Crippen LogP contribution in [0.3, 0.4) is 0 Å². The highest BCUT2D eigenvalue weighted by atomic mass is 19.1. The highest BCUT2D eigenvalue weighted by Crippen LogP contribution is 2.26. The third-order valence-corrected chi connectivity index (χ3v) is 3.63. The zero-order valence-corrected chi connectivity index (χ0v) is 12.5. The van der Waals surface area contributed by atoms with Crippen molar-refractivity contribution >= 4 is 11.9 Å². The van der Waals surface area contributed by atoms with E-state index in [0.29, 0.717) is 11.1 Å². The summed E-state index contributed by atoms with van der Waals surface area (Å²) in [5.41, 5.74) is 1.91. The van der Waals surface area contributed by atoms with Crippen LogP contribution in [0.2, 0.25) is 0 Å². The van der Waals surface area contributed by atoms with Crippen LogP contribution in [-0.4, -0.2) is 21.1 Å². The van der Waals surface area contributed by atoms with Crippen molar-refractivity contribution in [1.82, 2.24) is 15.2 Å². The minimum atomic E-state index is -0.514. The molecule has 116 valence electrons. The smallest absolute Gasteiger partial charge is 0.233 e. The first-order valence-corrected chi connectivity index (χ1v) is 7.16. The standard InChI is InChI=1S/C17H15FN4O/c1-11(16(23)21-17-19-10-20-22-17)13-7-8-14(15(18)9-13)12-5-3-2-4-6-12/h2-11H,1H3,(H2,19,20,21,22,23)/t11-/m0/s1. The maximum absolute atomic E-state index is 14.4. The van der Waals surface area contributed by atoms with Gasteiger partial charge in [-0.25, -0.2) is 9.49 Å². The molecule has 0 saturated heterocycles. The summed E-state index contributed by atoms with van der Waals surface area (Å²) in [7, 11) is 0. The number of halogens is 1. The zero-order valence-electron chi connectivity index (χ0n) is 12.5. The first kappa shape index (κ1) is 14.9. The molecule has 0 fully saturated rings. The first-order valence-electron chi connectivity index (χ1n) is 7.16. The van der Waals surface area contributed by atoms with Crippen LogP contribution in [0.15, 0.2) is 54.9 Å². The maximum atomic E-state index is 14.4. The van der Waals surface area contributed by atoms with E-state index in [4.69, 9.17) is 0 Å². The van der Waals surface area contributed by atoms with Gasteiger partial charge in [-0.05, 0) is 24.1 Å². The second-order valence-electron chi connectivity index (χ2n) is 5.15. The number of hydrogen-bond acceptors (Lipinski definition) is 3. The van der Waals surface area contributed by atoms with Gasteiger partial charge < -0.3 is 0 Å². The number of carbonyl (C=O) groups excluding carboxylic acids is 1. The van der Waals surface area contributed by atoms with Crippen LogP contribution in [0, 0.1) is 5.82 Å². The molecule has 0 aliphatic heterocycles. The van der Waals surface area contributed by atoms with Crippen LogP contribution in [0.4, 0.5) is 10.3 Å². The van der Waals surface area contributed by atoms with Gasteiger partial charge in [0.2, 0.25) is 11.9 Å². The number of rotatable bonds is 4. The SMILES string of the molecule is C[C@H](C(=O)Nc1ncn[nH]1)c1ccc(-c2ccccc2)c(F)c1. The number of nitrogens with one attached hydrogen (secondary N) is 2. The third kappa shape index (κ3) is 3.26. The molecule has 1 heterocycles. The summed E-state index contributed by atoms with van der Waals surface area (Å²) in [6, 6.07) is 14.1. The fraction of sp³-hybridized carbons (Fsp3) is 0.118. The third-order valence-electron chi connectivity index (χ3n) is 3.63. The summed E-state index contributed by atoms with van der Waals surface area (Å²) >= 11 is 0. The van der Waals surface area contributed by atoms with Gasteiger partial charge in [0.1, 0.15) is 12.1 Å². The van der Waals surface area contributed by atoms with Gasteiger partial charge in [-0.15, -0.1) is 0 Å². The molecular weight excluding hydrogens is 295 g/mol. The Morgan fingerprint density at radius 1 is 1.22 bits per heavy atom.